The highest BCUT2D eigenvalue weighted by Crippen LogP contribution is 1.99. The second-order valence-electron chi connectivity index (χ2n) is 4.82. The Morgan fingerprint density at radius 3 is 2.55 bits per heavy atom. The number of aliphatic hydroxyl groups is 1. The molecule has 0 heterocycles. The van der Waals surface area contributed by atoms with E-state index in [4.69, 9.17) is 5.11 Å². The number of benzene rings is 1. The smallest absolute Gasteiger partial charge is 0.251 e. The van der Waals surface area contributed by atoms with Gasteiger partial charge in [0.15, 0.2) is 0 Å². The normalized spacial score (nSPS) is 11.8. The molecule has 5 nitrogen and oxygen atoms in total. The zero-order chi connectivity index (χ0) is 15.0. The number of carbonyl (C=O) groups excluding carboxylic acids is 2. The molecule has 0 aliphatic carbocycles. The third-order valence-electron chi connectivity index (χ3n) is 2.97. The molecule has 2 amide bonds. The molecule has 1 rings (SSSR count). The number of hydrogen-bond acceptors (Lipinski definition) is 3. The SMILES string of the molecule is CC(O)CCN(C)C(=O)CCNC(=O)c1ccccc1. The molecule has 20 heavy (non-hydrogen) atoms. The van der Waals surface area contributed by atoms with Gasteiger partial charge in [-0.15, -0.1) is 0 Å². The largest absolute Gasteiger partial charge is 0.393 e. The van der Waals surface area contributed by atoms with Crippen molar-refractivity contribution in [2.24, 2.45) is 0 Å². The highest BCUT2D eigenvalue weighted by Gasteiger charge is 2.10. The van der Waals surface area contributed by atoms with Gasteiger partial charge in [-0.3, -0.25) is 9.59 Å². The predicted molar refractivity (Wildman–Crippen MR) is 77.3 cm³/mol. The number of aliphatic hydroxyl groups excluding tert-OH is 1. The van der Waals surface area contributed by atoms with E-state index in [9.17, 15) is 9.59 Å². The summed E-state index contributed by atoms with van der Waals surface area (Å²) < 4.78 is 0. The van der Waals surface area contributed by atoms with Crippen molar-refractivity contribution in [2.75, 3.05) is 20.1 Å². The van der Waals surface area contributed by atoms with Gasteiger partial charge in [-0.25, -0.2) is 0 Å². The molecule has 0 bridgehead atoms. The molecule has 0 radical (unpaired) electrons. The maximum atomic E-state index is 11.8. The Kier molecular flexibility index (Phi) is 6.73. The van der Waals surface area contributed by atoms with E-state index in [1.54, 1.807) is 43.1 Å². The van der Waals surface area contributed by atoms with Crippen LogP contribution in [0.4, 0.5) is 0 Å². The first kappa shape index (κ1) is 16.2. The number of amides is 2. The van der Waals surface area contributed by atoms with Crippen molar-refractivity contribution in [2.45, 2.75) is 25.9 Å². The van der Waals surface area contributed by atoms with Gasteiger partial charge in [0.1, 0.15) is 0 Å². The van der Waals surface area contributed by atoms with Gasteiger partial charge in [0.2, 0.25) is 5.91 Å². The van der Waals surface area contributed by atoms with Crippen LogP contribution in [0, 0.1) is 0 Å². The summed E-state index contributed by atoms with van der Waals surface area (Å²) in [7, 11) is 1.70. The first-order chi connectivity index (χ1) is 9.50. The Balaban J connectivity index is 2.26. The van der Waals surface area contributed by atoms with Crippen molar-refractivity contribution >= 4 is 11.8 Å². The summed E-state index contributed by atoms with van der Waals surface area (Å²) in [5.41, 5.74) is 0.586. The molecule has 110 valence electrons. The van der Waals surface area contributed by atoms with Crippen molar-refractivity contribution < 1.29 is 14.7 Å². The lowest BCUT2D eigenvalue weighted by Gasteiger charge is -2.18. The van der Waals surface area contributed by atoms with Gasteiger partial charge in [0.05, 0.1) is 6.10 Å². The summed E-state index contributed by atoms with van der Waals surface area (Å²) in [4.78, 5) is 25.1. The molecule has 5 heteroatoms. The van der Waals surface area contributed by atoms with Gasteiger partial charge in [-0.1, -0.05) is 18.2 Å². The molecular weight excluding hydrogens is 256 g/mol. The fourth-order valence-corrected chi connectivity index (χ4v) is 1.67. The fraction of sp³-hybridized carbons (Fsp3) is 0.467. The molecule has 0 fully saturated rings. The summed E-state index contributed by atoms with van der Waals surface area (Å²) in [6.07, 6.45) is 0.399. The van der Waals surface area contributed by atoms with E-state index in [1.807, 2.05) is 6.07 Å². The predicted octanol–water partition coefficient (Wildman–Crippen LogP) is 1.04. The lowest BCUT2D eigenvalue weighted by Crippen LogP contribution is -2.33. The van der Waals surface area contributed by atoms with Gasteiger partial charge in [0.25, 0.3) is 5.91 Å². The van der Waals surface area contributed by atoms with E-state index < -0.39 is 6.10 Å². The summed E-state index contributed by atoms with van der Waals surface area (Å²) in [6.45, 7) is 2.52. The fourth-order valence-electron chi connectivity index (χ4n) is 1.67. The molecule has 0 aliphatic heterocycles. The Morgan fingerprint density at radius 1 is 1.30 bits per heavy atom. The van der Waals surface area contributed by atoms with E-state index in [1.165, 1.54) is 0 Å². The number of hydrogen-bond donors (Lipinski definition) is 2. The van der Waals surface area contributed by atoms with Crippen LogP contribution >= 0.6 is 0 Å². The van der Waals surface area contributed by atoms with Gasteiger partial charge < -0.3 is 15.3 Å². The Labute approximate surface area is 119 Å². The standard InChI is InChI=1S/C15H22N2O3/c1-12(18)9-11-17(2)14(19)8-10-16-15(20)13-6-4-3-5-7-13/h3-7,12,18H,8-11H2,1-2H3,(H,16,20). The average molecular weight is 278 g/mol. The van der Waals surface area contributed by atoms with E-state index >= 15 is 0 Å². The van der Waals surface area contributed by atoms with Crippen molar-refractivity contribution in [3.8, 4) is 0 Å². The minimum absolute atomic E-state index is 0.0426. The lowest BCUT2D eigenvalue weighted by molar-refractivity contribution is -0.129. The van der Waals surface area contributed by atoms with E-state index in [0.717, 1.165) is 0 Å². The Hall–Kier alpha value is -1.88. The van der Waals surface area contributed by atoms with Crippen LogP contribution in [0.25, 0.3) is 0 Å². The molecule has 1 aromatic rings. The van der Waals surface area contributed by atoms with Crippen LogP contribution in [-0.2, 0) is 4.79 Å². The molecular formula is C15H22N2O3. The molecule has 0 aromatic heterocycles. The summed E-state index contributed by atoms with van der Waals surface area (Å²) >= 11 is 0. The topological polar surface area (TPSA) is 69.6 Å². The second kappa shape index (κ2) is 8.32. The van der Waals surface area contributed by atoms with E-state index in [2.05, 4.69) is 5.32 Å². The van der Waals surface area contributed by atoms with Crippen molar-refractivity contribution in [3.63, 3.8) is 0 Å². The van der Waals surface area contributed by atoms with Crippen LogP contribution in [0.2, 0.25) is 0 Å². The number of nitrogens with zero attached hydrogens (tertiary/aromatic N) is 1. The maximum Gasteiger partial charge on any atom is 0.251 e. The minimum atomic E-state index is -0.414. The summed E-state index contributed by atoms with van der Waals surface area (Å²) in [6, 6.07) is 8.89. The summed E-state index contributed by atoms with van der Waals surface area (Å²) in [5.74, 6) is -0.218. The van der Waals surface area contributed by atoms with Gasteiger partial charge in [0, 0.05) is 32.1 Å². The van der Waals surface area contributed by atoms with Crippen molar-refractivity contribution in [3.05, 3.63) is 35.9 Å². The van der Waals surface area contributed by atoms with Crippen LogP contribution < -0.4 is 5.32 Å². The highest BCUT2D eigenvalue weighted by molar-refractivity contribution is 5.94. The number of nitrogens with one attached hydrogen (secondary N) is 1. The highest BCUT2D eigenvalue weighted by atomic mass is 16.3. The summed E-state index contributed by atoms with van der Waals surface area (Å²) in [5, 5.41) is 11.9. The van der Waals surface area contributed by atoms with Crippen LogP contribution in [0.5, 0.6) is 0 Å². The van der Waals surface area contributed by atoms with Crippen LogP contribution in [0.15, 0.2) is 30.3 Å². The number of rotatable bonds is 7. The molecule has 0 saturated carbocycles. The van der Waals surface area contributed by atoms with E-state index in [-0.39, 0.29) is 18.2 Å². The second-order valence-corrected chi connectivity index (χ2v) is 4.82. The van der Waals surface area contributed by atoms with E-state index in [0.29, 0.717) is 25.1 Å². The first-order valence-electron chi connectivity index (χ1n) is 6.76. The molecule has 0 aliphatic rings. The van der Waals surface area contributed by atoms with Crippen molar-refractivity contribution in [1.82, 2.24) is 10.2 Å². The zero-order valence-corrected chi connectivity index (χ0v) is 12.0. The van der Waals surface area contributed by atoms with Crippen molar-refractivity contribution in [1.29, 1.82) is 0 Å². The zero-order valence-electron chi connectivity index (χ0n) is 12.0. The molecule has 2 N–H and O–H groups in total. The molecule has 1 unspecified atom stereocenters. The van der Waals surface area contributed by atoms with Gasteiger partial charge in [-0.05, 0) is 25.5 Å². The first-order valence-corrected chi connectivity index (χ1v) is 6.76. The third-order valence-corrected chi connectivity index (χ3v) is 2.97. The third kappa shape index (κ3) is 5.84. The quantitative estimate of drug-likeness (QED) is 0.783. The molecule has 0 saturated heterocycles. The van der Waals surface area contributed by atoms with Crippen LogP contribution in [0.3, 0.4) is 0 Å². The molecule has 0 spiro atoms. The monoisotopic (exact) mass is 278 g/mol. The maximum absolute atomic E-state index is 11.8. The Bertz CT molecular complexity index is 432. The Morgan fingerprint density at radius 2 is 1.95 bits per heavy atom. The average Bonchev–Trinajstić information content (AvgIpc) is 2.45. The molecule has 1 atom stereocenters. The lowest BCUT2D eigenvalue weighted by atomic mass is 10.2. The molecule has 1 aromatic carbocycles. The van der Waals surface area contributed by atoms with Crippen LogP contribution in [-0.4, -0.2) is 48.1 Å². The van der Waals surface area contributed by atoms with Crippen LogP contribution in [0.1, 0.15) is 30.1 Å². The number of carbonyl (C=O) groups is 2. The van der Waals surface area contributed by atoms with Gasteiger partial charge in [-0.2, -0.15) is 0 Å². The van der Waals surface area contributed by atoms with Gasteiger partial charge >= 0.3 is 0 Å². The minimum Gasteiger partial charge on any atom is -0.393 e.